The van der Waals surface area contributed by atoms with Gasteiger partial charge < -0.3 is 10.8 Å². The molecule has 2 rings (SSSR count). The number of nitrogens with two attached hydrogens (primary N) is 1. The van der Waals surface area contributed by atoms with Crippen molar-refractivity contribution in [3.05, 3.63) is 0 Å². The van der Waals surface area contributed by atoms with E-state index in [1.54, 1.807) is 0 Å². The standard InChI is InChI=1S/C12H23NO/c1-12(14,4-5-13)8-11-7-9-2-3-10(11)6-9/h9-11,14H,2-8,13H2,1H3. The Labute approximate surface area is 86.9 Å². The largest absolute Gasteiger partial charge is 0.390 e. The zero-order valence-corrected chi connectivity index (χ0v) is 9.21. The van der Waals surface area contributed by atoms with Crippen molar-refractivity contribution in [1.29, 1.82) is 0 Å². The fourth-order valence-electron chi connectivity index (χ4n) is 3.60. The van der Waals surface area contributed by atoms with E-state index in [0.29, 0.717) is 6.54 Å². The molecule has 0 spiro atoms. The monoisotopic (exact) mass is 197 g/mol. The van der Waals surface area contributed by atoms with Crippen molar-refractivity contribution in [3.63, 3.8) is 0 Å². The zero-order chi connectivity index (χ0) is 10.2. The van der Waals surface area contributed by atoms with E-state index >= 15 is 0 Å². The Morgan fingerprint density at radius 3 is 2.64 bits per heavy atom. The molecule has 0 radical (unpaired) electrons. The fourth-order valence-corrected chi connectivity index (χ4v) is 3.60. The smallest absolute Gasteiger partial charge is 0.0634 e. The summed E-state index contributed by atoms with van der Waals surface area (Å²) in [5.74, 6) is 2.69. The zero-order valence-electron chi connectivity index (χ0n) is 9.21. The van der Waals surface area contributed by atoms with E-state index in [1.165, 1.54) is 25.7 Å². The van der Waals surface area contributed by atoms with Crippen molar-refractivity contribution < 1.29 is 5.11 Å². The Kier molecular flexibility index (Phi) is 2.85. The molecule has 2 heteroatoms. The number of aliphatic hydroxyl groups is 1. The summed E-state index contributed by atoms with van der Waals surface area (Å²) in [4.78, 5) is 0. The third-order valence-corrected chi connectivity index (χ3v) is 4.27. The van der Waals surface area contributed by atoms with Crippen LogP contribution in [0.25, 0.3) is 0 Å². The van der Waals surface area contributed by atoms with Gasteiger partial charge in [0.15, 0.2) is 0 Å². The van der Waals surface area contributed by atoms with Crippen LogP contribution in [-0.2, 0) is 0 Å². The molecule has 0 heterocycles. The van der Waals surface area contributed by atoms with Gasteiger partial charge in [-0.2, -0.15) is 0 Å². The minimum absolute atomic E-state index is 0.510. The number of hydrogen-bond donors (Lipinski definition) is 2. The molecule has 2 nitrogen and oxygen atoms in total. The molecule has 4 atom stereocenters. The molecule has 2 bridgehead atoms. The van der Waals surface area contributed by atoms with Gasteiger partial charge in [0.05, 0.1) is 5.60 Å². The molecule has 4 unspecified atom stereocenters. The highest BCUT2D eigenvalue weighted by Crippen LogP contribution is 2.50. The molecule has 2 fully saturated rings. The maximum Gasteiger partial charge on any atom is 0.0634 e. The van der Waals surface area contributed by atoms with E-state index < -0.39 is 5.60 Å². The summed E-state index contributed by atoms with van der Waals surface area (Å²) in [6.45, 7) is 2.56. The molecular weight excluding hydrogens is 174 g/mol. The summed E-state index contributed by atoms with van der Waals surface area (Å²) in [5, 5.41) is 10.1. The summed E-state index contributed by atoms with van der Waals surface area (Å²) in [6.07, 6.45) is 7.38. The maximum atomic E-state index is 10.1. The van der Waals surface area contributed by atoms with Crippen LogP contribution in [0.15, 0.2) is 0 Å². The second-order valence-electron chi connectivity index (χ2n) is 5.67. The van der Waals surface area contributed by atoms with E-state index in [1.807, 2.05) is 6.92 Å². The summed E-state index contributed by atoms with van der Waals surface area (Å²) >= 11 is 0. The molecule has 2 saturated carbocycles. The van der Waals surface area contributed by atoms with Crippen LogP contribution in [0.3, 0.4) is 0 Å². The number of fused-ring (bicyclic) bond motifs is 2. The lowest BCUT2D eigenvalue weighted by Crippen LogP contribution is -2.32. The molecule has 3 N–H and O–H groups in total. The van der Waals surface area contributed by atoms with Gasteiger partial charge in [0.2, 0.25) is 0 Å². The predicted octanol–water partition coefficient (Wildman–Crippen LogP) is 1.91. The van der Waals surface area contributed by atoms with Crippen molar-refractivity contribution in [1.82, 2.24) is 0 Å². The van der Waals surface area contributed by atoms with Crippen LogP contribution in [-0.4, -0.2) is 17.3 Å². The van der Waals surface area contributed by atoms with Crippen molar-refractivity contribution in [2.45, 2.75) is 51.0 Å². The Bertz CT molecular complexity index is 202. The third-order valence-electron chi connectivity index (χ3n) is 4.27. The van der Waals surface area contributed by atoms with Gasteiger partial charge in [-0.05, 0) is 63.3 Å². The van der Waals surface area contributed by atoms with E-state index in [9.17, 15) is 5.11 Å². The average Bonchev–Trinajstić information content (AvgIpc) is 2.63. The second-order valence-corrected chi connectivity index (χ2v) is 5.67. The van der Waals surface area contributed by atoms with Gasteiger partial charge in [-0.3, -0.25) is 0 Å². The van der Waals surface area contributed by atoms with E-state index in [4.69, 9.17) is 5.73 Å². The van der Waals surface area contributed by atoms with Gasteiger partial charge >= 0.3 is 0 Å². The normalized spacial score (nSPS) is 40.1. The number of rotatable bonds is 4. The number of hydrogen-bond acceptors (Lipinski definition) is 2. The first-order chi connectivity index (χ1) is 6.61. The minimum Gasteiger partial charge on any atom is -0.390 e. The summed E-state index contributed by atoms with van der Waals surface area (Å²) in [5.41, 5.74) is 4.99. The van der Waals surface area contributed by atoms with Gasteiger partial charge in [-0.1, -0.05) is 6.42 Å². The van der Waals surface area contributed by atoms with Gasteiger partial charge in [0.25, 0.3) is 0 Å². The fraction of sp³-hybridized carbons (Fsp3) is 1.00. The molecule has 0 aromatic heterocycles. The summed E-state index contributed by atoms with van der Waals surface area (Å²) in [6, 6.07) is 0. The molecule has 14 heavy (non-hydrogen) atoms. The van der Waals surface area contributed by atoms with Crippen LogP contribution in [0.2, 0.25) is 0 Å². The lowest BCUT2D eigenvalue weighted by molar-refractivity contribution is 0.0188. The molecule has 2 aliphatic carbocycles. The molecule has 0 saturated heterocycles. The van der Waals surface area contributed by atoms with Crippen molar-refractivity contribution in [2.75, 3.05) is 6.54 Å². The van der Waals surface area contributed by atoms with E-state index in [0.717, 1.165) is 30.6 Å². The Morgan fingerprint density at radius 1 is 1.36 bits per heavy atom. The molecule has 0 aromatic carbocycles. The topological polar surface area (TPSA) is 46.2 Å². The third kappa shape index (κ3) is 2.12. The highest BCUT2D eigenvalue weighted by Gasteiger charge is 2.41. The molecule has 0 aromatic rings. The van der Waals surface area contributed by atoms with Crippen LogP contribution < -0.4 is 5.73 Å². The maximum absolute atomic E-state index is 10.1. The minimum atomic E-state index is -0.510. The molecule has 2 aliphatic rings. The summed E-state index contributed by atoms with van der Waals surface area (Å²) < 4.78 is 0. The van der Waals surface area contributed by atoms with Gasteiger partial charge in [-0.25, -0.2) is 0 Å². The Balaban J connectivity index is 1.86. The Morgan fingerprint density at radius 2 is 2.14 bits per heavy atom. The highest BCUT2D eigenvalue weighted by molar-refractivity contribution is 4.93. The highest BCUT2D eigenvalue weighted by atomic mass is 16.3. The molecule has 0 aliphatic heterocycles. The lowest BCUT2D eigenvalue weighted by atomic mass is 9.80. The van der Waals surface area contributed by atoms with Crippen LogP contribution >= 0.6 is 0 Å². The quantitative estimate of drug-likeness (QED) is 0.723. The first-order valence-electron chi connectivity index (χ1n) is 6.03. The molecule has 82 valence electrons. The second kappa shape index (κ2) is 3.82. The SMILES string of the molecule is CC(O)(CCN)CC1CC2CCC1C2. The summed E-state index contributed by atoms with van der Waals surface area (Å²) in [7, 11) is 0. The van der Waals surface area contributed by atoms with Gasteiger partial charge in [-0.15, -0.1) is 0 Å². The van der Waals surface area contributed by atoms with Crippen LogP contribution in [0, 0.1) is 17.8 Å². The first-order valence-corrected chi connectivity index (χ1v) is 6.03. The molecule has 0 amide bonds. The van der Waals surface area contributed by atoms with Crippen molar-refractivity contribution in [3.8, 4) is 0 Å². The van der Waals surface area contributed by atoms with Crippen LogP contribution in [0.4, 0.5) is 0 Å². The van der Waals surface area contributed by atoms with Crippen molar-refractivity contribution in [2.24, 2.45) is 23.5 Å². The lowest BCUT2D eigenvalue weighted by Gasteiger charge is -2.30. The van der Waals surface area contributed by atoms with Crippen molar-refractivity contribution >= 4 is 0 Å². The van der Waals surface area contributed by atoms with E-state index in [2.05, 4.69) is 0 Å². The van der Waals surface area contributed by atoms with Gasteiger partial charge in [0.1, 0.15) is 0 Å². The van der Waals surface area contributed by atoms with Gasteiger partial charge in [0, 0.05) is 0 Å². The predicted molar refractivity (Wildman–Crippen MR) is 57.9 cm³/mol. The van der Waals surface area contributed by atoms with Crippen LogP contribution in [0.5, 0.6) is 0 Å². The van der Waals surface area contributed by atoms with E-state index in [-0.39, 0.29) is 0 Å². The van der Waals surface area contributed by atoms with Crippen LogP contribution in [0.1, 0.15) is 45.4 Å². The Hall–Kier alpha value is -0.0800. The first kappa shape index (κ1) is 10.4. The molecular formula is C12H23NO. The average molecular weight is 197 g/mol.